The molecule has 0 saturated heterocycles. The number of benzene rings is 4. The maximum atomic E-state index is 13.3. The summed E-state index contributed by atoms with van der Waals surface area (Å²) in [7, 11) is 0. The minimum atomic E-state index is 0.0238. The van der Waals surface area contributed by atoms with E-state index in [1.807, 2.05) is 0 Å². The fourth-order valence-corrected chi connectivity index (χ4v) is 5.25. The Balaban J connectivity index is 1.86. The van der Waals surface area contributed by atoms with Gasteiger partial charge in [0.05, 0.1) is 0 Å². The van der Waals surface area contributed by atoms with Gasteiger partial charge in [0.2, 0.25) is 0 Å². The molecule has 28 heavy (non-hydrogen) atoms. The minimum absolute atomic E-state index is 0.0238. The van der Waals surface area contributed by atoms with E-state index in [0.717, 1.165) is 30.0 Å². The standard InChI is InChI=1S/C25H19BrOS/c1-25(2,3)18-5-7-22-21(13-18)24(27)20-11-16-9-15-10-19(26)6-4-14(15)8-17(16)12-23(20)28-22/h4-13H,1-3H3. The van der Waals surface area contributed by atoms with Crippen molar-refractivity contribution >= 4 is 69.0 Å². The zero-order valence-corrected chi connectivity index (χ0v) is 18.4. The third kappa shape index (κ3) is 2.85. The highest BCUT2D eigenvalue weighted by Crippen LogP contribution is 2.33. The molecule has 5 aromatic rings. The van der Waals surface area contributed by atoms with Crippen molar-refractivity contribution in [2.45, 2.75) is 26.2 Å². The fraction of sp³-hybridized carbons (Fsp3) is 0.160. The lowest BCUT2D eigenvalue weighted by Gasteiger charge is -2.19. The highest BCUT2D eigenvalue weighted by atomic mass is 79.9. The summed E-state index contributed by atoms with van der Waals surface area (Å²) in [6, 6.07) is 21.2. The maximum absolute atomic E-state index is 13.3. The van der Waals surface area contributed by atoms with Gasteiger partial charge in [-0.15, -0.1) is 11.3 Å². The quantitative estimate of drug-likeness (QED) is 0.222. The lowest BCUT2D eigenvalue weighted by molar-refractivity contribution is 0.591. The molecule has 3 heteroatoms. The van der Waals surface area contributed by atoms with Crippen molar-refractivity contribution in [2.24, 2.45) is 0 Å². The molecular formula is C25H19BrOS. The van der Waals surface area contributed by atoms with Crippen LogP contribution in [0, 0.1) is 0 Å². The second kappa shape index (κ2) is 6.13. The molecule has 5 rings (SSSR count). The molecule has 4 aromatic carbocycles. The molecule has 1 heterocycles. The van der Waals surface area contributed by atoms with Crippen molar-refractivity contribution < 1.29 is 0 Å². The molecule has 0 unspecified atom stereocenters. The van der Waals surface area contributed by atoms with Gasteiger partial charge in [0.1, 0.15) is 0 Å². The first kappa shape index (κ1) is 17.8. The second-order valence-electron chi connectivity index (χ2n) is 8.43. The van der Waals surface area contributed by atoms with E-state index in [9.17, 15) is 4.79 Å². The number of fused-ring (bicyclic) bond motifs is 4. The first-order valence-electron chi connectivity index (χ1n) is 9.34. The van der Waals surface area contributed by atoms with Gasteiger partial charge in [-0.25, -0.2) is 0 Å². The summed E-state index contributed by atoms with van der Waals surface area (Å²) in [6.45, 7) is 6.54. The van der Waals surface area contributed by atoms with E-state index in [1.165, 1.54) is 21.7 Å². The van der Waals surface area contributed by atoms with Crippen molar-refractivity contribution in [3.05, 3.63) is 80.9 Å². The van der Waals surface area contributed by atoms with Crippen molar-refractivity contribution in [2.75, 3.05) is 0 Å². The molecule has 0 aliphatic rings. The number of hydrogen-bond acceptors (Lipinski definition) is 2. The van der Waals surface area contributed by atoms with E-state index in [1.54, 1.807) is 11.3 Å². The Hall–Kier alpha value is -2.23. The largest absolute Gasteiger partial charge is 0.289 e. The topological polar surface area (TPSA) is 17.1 Å². The van der Waals surface area contributed by atoms with Crippen LogP contribution in [0.3, 0.4) is 0 Å². The average Bonchev–Trinajstić information content (AvgIpc) is 2.64. The summed E-state index contributed by atoms with van der Waals surface area (Å²) in [5, 5.41) is 6.29. The molecular weight excluding hydrogens is 428 g/mol. The van der Waals surface area contributed by atoms with Crippen LogP contribution in [0.5, 0.6) is 0 Å². The Morgan fingerprint density at radius 3 is 2.18 bits per heavy atom. The van der Waals surface area contributed by atoms with Crippen LogP contribution in [0.1, 0.15) is 26.3 Å². The van der Waals surface area contributed by atoms with Gasteiger partial charge >= 0.3 is 0 Å². The summed E-state index contributed by atoms with van der Waals surface area (Å²) in [4.78, 5) is 13.3. The van der Waals surface area contributed by atoms with Crippen LogP contribution >= 0.6 is 27.3 Å². The molecule has 0 radical (unpaired) electrons. The van der Waals surface area contributed by atoms with Gasteiger partial charge in [-0.2, -0.15) is 0 Å². The number of halogens is 1. The van der Waals surface area contributed by atoms with Gasteiger partial charge < -0.3 is 0 Å². The van der Waals surface area contributed by atoms with Gasteiger partial charge in [0.15, 0.2) is 5.43 Å². The SMILES string of the molecule is CC(C)(C)c1ccc2sc3cc4cc5ccc(Br)cc5cc4cc3c(=O)c2c1. The normalized spacial score (nSPS) is 12.4. The van der Waals surface area contributed by atoms with Crippen LogP contribution in [0.15, 0.2) is 69.9 Å². The average molecular weight is 447 g/mol. The monoisotopic (exact) mass is 446 g/mol. The van der Waals surface area contributed by atoms with Gasteiger partial charge in [-0.05, 0) is 81.1 Å². The fourth-order valence-electron chi connectivity index (χ4n) is 3.79. The molecule has 0 amide bonds. The van der Waals surface area contributed by atoms with Gasteiger partial charge in [-0.1, -0.05) is 48.8 Å². The molecule has 0 fully saturated rings. The predicted molar refractivity (Wildman–Crippen MR) is 127 cm³/mol. The van der Waals surface area contributed by atoms with E-state index in [4.69, 9.17) is 0 Å². The smallest absolute Gasteiger partial charge is 0.195 e. The summed E-state index contributed by atoms with van der Waals surface area (Å²) < 4.78 is 3.16. The molecule has 1 nitrogen and oxygen atoms in total. The number of hydrogen-bond donors (Lipinski definition) is 0. The van der Waals surface area contributed by atoms with Crippen molar-refractivity contribution in [3.8, 4) is 0 Å². The Labute approximate surface area is 175 Å². The molecule has 0 spiro atoms. The van der Waals surface area contributed by atoms with Crippen LogP contribution in [-0.4, -0.2) is 0 Å². The minimum Gasteiger partial charge on any atom is -0.289 e. The van der Waals surface area contributed by atoms with E-state index >= 15 is 0 Å². The molecule has 0 aliphatic carbocycles. The molecule has 0 bridgehead atoms. The second-order valence-corrected chi connectivity index (χ2v) is 10.4. The molecule has 0 N–H and O–H groups in total. The molecule has 0 atom stereocenters. The van der Waals surface area contributed by atoms with Crippen LogP contribution < -0.4 is 5.43 Å². The molecule has 1 aromatic heterocycles. The highest BCUT2D eigenvalue weighted by Gasteiger charge is 2.16. The summed E-state index contributed by atoms with van der Waals surface area (Å²) in [5.41, 5.74) is 1.35. The van der Waals surface area contributed by atoms with Crippen LogP contribution in [0.25, 0.3) is 41.7 Å². The first-order valence-corrected chi connectivity index (χ1v) is 10.9. The maximum Gasteiger partial charge on any atom is 0.195 e. The van der Waals surface area contributed by atoms with E-state index in [0.29, 0.717) is 0 Å². The highest BCUT2D eigenvalue weighted by molar-refractivity contribution is 9.10. The summed E-state index contributed by atoms with van der Waals surface area (Å²) in [6.07, 6.45) is 0. The third-order valence-electron chi connectivity index (χ3n) is 5.41. The molecule has 0 saturated carbocycles. The third-order valence-corrected chi connectivity index (χ3v) is 7.04. The van der Waals surface area contributed by atoms with Gasteiger partial charge in [0.25, 0.3) is 0 Å². The van der Waals surface area contributed by atoms with Gasteiger partial charge in [-0.3, -0.25) is 4.79 Å². The lowest BCUT2D eigenvalue weighted by Crippen LogP contribution is -2.12. The zero-order chi connectivity index (χ0) is 19.6. The summed E-state index contributed by atoms with van der Waals surface area (Å²) >= 11 is 5.25. The Kier molecular flexibility index (Phi) is 3.91. The van der Waals surface area contributed by atoms with E-state index < -0.39 is 0 Å². The van der Waals surface area contributed by atoms with E-state index in [2.05, 4.69) is 97.4 Å². The van der Waals surface area contributed by atoms with Crippen molar-refractivity contribution in [1.29, 1.82) is 0 Å². The Morgan fingerprint density at radius 1 is 0.714 bits per heavy atom. The Bertz CT molecular complexity index is 1470. The first-order chi connectivity index (χ1) is 13.3. The number of rotatable bonds is 0. The van der Waals surface area contributed by atoms with Crippen LogP contribution in [-0.2, 0) is 5.41 Å². The molecule has 0 aliphatic heterocycles. The zero-order valence-electron chi connectivity index (χ0n) is 16.0. The van der Waals surface area contributed by atoms with Crippen molar-refractivity contribution in [1.82, 2.24) is 0 Å². The molecule has 138 valence electrons. The van der Waals surface area contributed by atoms with Crippen LogP contribution in [0.2, 0.25) is 0 Å². The Morgan fingerprint density at radius 2 is 1.39 bits per heavy atom. The predicted octanol–water partition coefficient (Wildman–Crippen LogP) is 7.78. The van der Waals surface area contributed by atoms with E-state index in [-0.39, 0.29) is 10.8 Å². The van der Waals surface area contributed by atoms with Crippen LogP contribution in [0.4, 0.5) is 0 Å². The lowest BCUT2D eigenvalue weighted by atomic mass is 9.86. The summed E-state index contributed by atoms with van der Waals surface area (Å²) in [5.74, 6) is 0. The van der Waals surface area contributed by atoms with Gasteiger partial charge in [0, 0.05) is 24.6 Å². The van der Waals surface area contributed by atoms with Crippen molar-refractivity contribution in [3.63, 3.8) is 0 Å².